The van der Waals surface area contributed by atoms with Gasteiger partial charge in [-0.1, -0.05) is 126 Å². The lowest BCUT2D eigenvalue weighted by Crippen LogP contribution is -2.58. The minimum atomic E-state index is -0.675. The molecule has 8 nitrogen and oxygen atoms in total. The van der Waals surface area contributed by atoms with Crippen LogP contribution in [0.4, 0.5) is 0 Å². The highest BCUT2D eigenvalue weighted by Gasteiger charge is 2.54. The second-order valence-electron chi connectivity index (χ2n) is 20.6. The van der Waals surface area contributed by atoms with Gasteiger partial charge in [0.05, 0.1) is 17.9 Å². The van der Waals surface area contributed by atoms with E-state index in [1.807, 2.05) is 48.5 Å². The summed E-state index contributed by atoms with van der Waals surface area (Å²) in [5.74, 6) is -0.847. The number of carboxylic acid groups (broad SMARTS) is 1. The number of amides is 2. The molecular formula is C53H64N2O6. The molecule has 0 heterocycles. The van der Waals surface area contributed by atoms with E-state index in [0.29, 0.717) is 30.4 Å². The number of carboxylic acids is 1. The Bertz CT molecular complexity index is 2230. The standard InChI is InChI=1S/C27H33NO3.C26H31NO3/c1-25(2,3)20-11-9-19(10-12-20)21-7-5-6-8-22(21)23(29)28-27-16-13-26(14-17-27,15-18-27)24(30)31-4;1-24(2,3)19-10-8-18(9-11-19)20-6-4-5-7-21(20)22(28)27-26-15-12-25(13-16-26,14-17-26)23(29)30/h5-12H,13-18H2,1-4H3,(H,28,29);4-11H,12-17H2,1-3H3,(H,27,28)(H,29,30). The van der Waals surface area contributed by atoms with Crippen LogP contribution in [0.15, 0.2) is 97.1 Å². The number of carbonyl (C=O) groups excluding carboxylic acids is 3. The molecule has 0 atom stereocenters. The van der Waals surface area contributed by atoms with Gasteiger partial charge in [0.1, 0.15) is 0 Å². The summed E-state index contributed by atoms with van der Waals surface area (Å²) in [6, 6.07) is 32.5. The lowest BCUT2D eigenvalue weighted by molar-refractivity contribution is -0.160. The Balaban J connectivity index is 0.000000184. The Morgan fingerprint density at radius 3 is 1.13 bits per heavy atom. The molecule has 10 rings (SSSR count). The molecule has 0 saturated heterocycles. The fourth-order valence-electron chi connectivity index (χ4n) is 10.4. The second kappa shape index (κ2) is 16.6. The van der Waals surface area contributed by atoms with Crippen LogP contribution in [-0.2, 0) is 25.2 Å². The Labute approximate surface area is 362 Å². The molecule has 6 aliphatic rings. The molecule has 0 aromatic heterocycles. The number of nitrogens with one attached hydrogen (secondary N) is 2. The van der Waals surface area contributed by atoms with Crippen LogP contribution < -0.4 is 10.6 Å². The van der Waals surface area contributed by atoms with E-state index in [0.717, 1.165) is 80.0 Å². The van der Waals surface area contributed by atoms with Gasteiger partial charge in [0.15, 0.2) is 0 Å². The summed E-state index contributed by atoms with van der Waals surface area (Å²) in [5.41, 5.74) is 6.67. The number of hydrogen-bond acceptors (Lipinski definition) is 5. The molecule has 6 fully saturated rings. The van der Waals surface area contributed by atoms with Crippen molar-refractivity contribution in [2.24, 2.45) is 10.8 Å². The summed E-state index contributed by atoms with van der Waals surface area (Å²) < 4.78 is 5.06. The number of carbonyl (C=O) groups is 4. The topological polar surface area (TPSA) is 122 Å². The summed E-state index contributed by atoms with van der Waals surface area (Å²) in [6.07, 6.45) is 9.04. The van der Waals surface area contributed by atoms with Crippen molar-refractivity contribution < 1.29 is 29.0 Å². The van der Waals surface area contributed by atoms with Gasteiger partial charge in [0, 0.05) is 22.2 Å². The minimum Gasteiger partial charge on any atom is -0.481 e. The van der Waals surface area contributed by atoms with Crippen LogP contribution in [0, 0.1) is 10.8 Å². The van der Waals surface area contributed by atoms with Crippen LogP contribution in [0.2, 0.25) is 0 Å². The number of rotatable bonds is 8. The van der Waals surface area contributed by atoms with Crippen molar-refractivity contribution in [2.75, 3.05) is 7.11 Å². The van der Waals surface area contributed by atoms with E-state index in [-0.39, 0.29) is 45.1 Å². The van der Waals surface area contributed by atoms with Crippen LogP contribution in [0.1, 0.15) is 150 Å². The molecule has 4 aromatic carbocycles. The van der Waals surface area contributed by atoms with Crippen molar-refractivity contribution in [1.82, 2.24) is 10.6 Å². The van der Waals surface area contributed by atoms with Crippen molar-refractivity contribution in [3.05, 3.63) is 119 Å². The van der Waals surface area contributed by atoms with Crippen LogP contribution >= 0.6 is 0 Å². The average Bonchev–Trinajstić information content (AvgIpc) is 3.27. The molecule has 0 unspecified atom stereocenters. The van der Waals surface area contributed by atoms with Crippen molar-refractivity contribution >= 4 is 23.8 Å². The van der Waals surface area contributed by atoms with Gasteiger partial charge >= 0.3 is 11.9 Å². The SMILES string of the molecule is CC(C)(C)c1ccc(-c2ccccc2C(=O)NC23CCC(C(=O)O)(CC2)CC3)cc1.COC(=O)C12CCC(NC(=O)c3ccccc3-c3ccc(C(C)(C)C)cc3)(CC1)CC2. The van der Waals surface area contributed by atoms with E-state index >= 15 is 0 Å². The molecule has 0 spiro atoms. The monoisotopic (exact) mass is 824 g/mol. The van der Waals surface area contributed by atoms with Gasteiger partial charge in [-0.3, -0.25) is 19.2 Å². The second-order valence-corrected chi connectivity index (χ2v) is 20.6. The minimum absolute atomic E-state index is 0.0250. The maximum Gasteiger partial charge on any atom is 0.311 e. The molecule has 4 bridgehead atoms. The average molecular weight is 825 g/mol. The van der Waals surface area contributed by atoms with E-state index in [1.165, 1.54) is 18.2 Å². The summed E-state index contributed by atoms with van der Waals surface area (Å²) in [4.78, 5) is 50.6. The first-order chi connectivity index (χ1) is 28.8. The molecule has 6 saturated carbocycles. The zero-order chi connectivity index (χ0) is 43.8. The van der Waals surface area contributed by atoms with Crippen molar-refractivity contribution in [3.8, 4) is 22.3 Å². The maximum atomic E-state index is 13.4. The number of aliphatic carboxylic acids is 1. The van der Waals surface area contributed by atoms with Crippen LogP contribution in [-0.4, -0.2) is 47.0 Å². The fourth-order valence-corrected chi connectivity index (χ4v) is 10.4. The number of benzene rings is 4. The highest BCUT2D eigenvalue weighted by atomic mass is 16.5. The van der Waals surface area contributed by atoms with E-state index < -0.39 is 11.4 Å². The molecule has 3 N–H and O–H groups in total. The molecule has 4 aromatic rings. The van der Waals surface area contributed by atoms with Gasteiger partial charge in [0.25, 0.3) is 11.8 Å². The lowest BCUT2D eigenvalue weighted by Gasteiger charge is -2.52. The number of hydrogen-bond donors (Lipinski definition) is 3. The zero-order valence-electron chi connectivity index (χ0n) is 37.2. The lowest BCUT2D eigenvalue weighted by atomic mass is 9.57. The normalized spacial score (nSPS) is 25.4. The third kappa shape index (κ3) is 8.92. The van der Waals surface area contributed by atoms with Gasteiger partial charge < -0.3 is 20.5 Å². The first kappa shape index (κ1) is 43.8. The number of fused-ring (bicyclic) bond motifs is 6. The fraction of sp³-hybridized carbons (Fsp3) is 0.472. The molecule has 8 heteroatoms. The molecule has 322 valence electrons. The third-order valence-corrected chi connectivity index (χ3v) is 14.8. The van der Waals surface area contributed by atoms with Crippen molar-refractivity contribution in [3.63, 3.8) is 0 Å². The summed E-state index contributed by atoms with van der Waals surface area (Å²) in [7, 11) is 1.47. The molecule has 0 aliphatic heterocycles. The van der Waals surface area contributed by atoms with Gasteiger partial charge in [0.2, 0.25) is 0 Å². The smallest absolute Gasteiger partial charge is 0.311 e. The highest BCUT2D eigenvalue weighted by molar-refractivity contribution is 6.02. The van der Waals surface area contributed by atoms with E-state index in [9.17, 15) is 24.3 Å². The number of methoxy groups -OCH3 is 1. The Morgan fingerprint density at radius 2 is 0.820 bits per heavy atom. The van der Waals surface area contributed by atoms with Crippen LogP contribution in [0.5, 0.6) is 0 Å². The summed E-state index contributed by atoms with van der Waals surface area (Å²) in [5, 5.41) is 16.3. The van der Waals surface area contributed by atoms with E-state index in [2.05, 4.69) is 101 Å². The van der Waals surface area contributed by atoms with Gasteiger partial charge in [-0.2, -0.15) is 0 Å². The summed E-state index contributed by atoms with van der Waals surface area (Å²) in [6.45, 7) is 13.2. The molecule has 6 aliphatic carbocycles. The quantitative estimate of drug-likeness (QED) is 0.152. The largest absolute Gasteiger partial charge is 0.481 e. The summed E-state index contributed by atoms with van der Waals surface area (Å²) >= 11 is 0. The third-order valence-electron chi connectivity index (χ3n) is 14.8. The number of ether oxygens (including phenoxy) is 1. The molecule has 2 amide bonds. The Hall–Kier alpha value is -5.24. The van der Waals surface area contributed by atoms with Gasteiger partial charge in [-0.15, -0.1) is 0 Å². The van der Waals surface area contributed by atoms with Crippen molar-refractivity contribution in [2.45, 2.75) is 141 Å². The highest BCUT2D eigenvalue weighted by Crippen LogP contribution is 2.54. The van der Waals surface area contributed by atoms with Gasteiger partial charge in [-0.25, -0.2) is 0 Å². The van der Waals surface area contributed by atoms with Gasteiger partial charge in [-0.05, 0) is 133 Å². The van der Waals surface area contributed by atoms with E-state index in [4.69, 9.17) is 4.74 Å². The molecule has 61 heavy (non-hydrogen) atoms. The Kier molecular flexibility index (Phi) is 11.9. The molecule has 0 radical (unpaired) electrons. The predicted molar refractivity (Wildman–Crippen MR) is 241 cm³/mol. The Morgan fingerprint density at radius 1 is 0.492 bits per heavy atom. The van der Waals surface area contributed by atoms with Crippen LogP contribution in [0.25, 0.3) is 22.3 Å². The zero-order valence-corrected chi connectivity index (χ0v) is 37.2. The first-order valence-electron chi connectivity index (χ1n) is 22.2. The van der Waals surface area contributed by atoms with Crippen LogP contribution in [0.3, 0.4) is 0 Å². The van der Waals surface area contributed by atoms with E-state index in [1.54, 1.807) is 0 Å². The van der Waals surface area contributed by atoms with Crippen molar-refractivity contribution in [1.29, 1.82) is 0 Å². The maximum absolute atomic E-state index is 13.4. The first-order valence-corrected chi connectivity index (χ1v) is 22.2. The number of esters is 1. The molecular weight excluding hydrogens is 761 g/mol. The predicted octanol–water partition coefficient (Wildman–Crippen LogP) is 11.2.